The molecule has 1 aromatic heterocycles. The molecular weight excluding hydrogens is 332 g/mol. The van der Waals surface area contributed by atoms with Crippen LogP contribution in [0.3, 0.4) is 0 Å². The van der Waals surface area contributed by atoms with E-state index in [9.17, 15) is 9.59 Å². The fraction of sp³-hybridized carbons (Fsp3) is 0.667. The fourth-order valence-corrected chi connectivity index (χ4v) is 4.26. The Labute approximate surface area is 153 Å². The van der Waals surface area contributed by atoms with Crippen LogP contribution in [0.1, 0.15) is 19.3 Å². The number of nitrogens with one attached hydrogen (secondary N) is 1. The Balaban J connectivity index is 1.28. The van der Waals surface area contributed by atoms with E-state index in [2.05, 4.69) is 25.1 Å². The van der Waals surface area contributed by atoms with Gasteiger partial charge < -0.3 is 15.1 Å². The Hall–Kier alpha value is -2.22. The minimum Gasteiger partial charge on any atom is -0.356 e. The Kier molecular flexibility index (Phi) is 4.76. The Morgan fingerprint density at radius 3 is 2.62 bits per heavy atom. The SMILES string of the molecule is O=C(CN1CCN(c2ncccn2)CC1)N1CCC2(CCCNC2=O)C1. The number of piperidine rings is 1. The number of aromatic nitrogens is 2. The molecule has 26 heavy (non-hydrogen) atoms. The summed E-state index contributed by atoms with van der Waals surface area (Å²) >= 11 is 0. The maximum absolute atomic E-state index is 12.7. The second-order valence-electron chi connectivity index (χ2n) is 7.52. The van der Waals surface area contributed by atoms with E-state index in [0.29, 0.717) is 19.6 Å². The molecular formula is C18H26N6O2. The number of likely N-dealkylation sites (tertiary alicyclic amines) is 1. The van der Waals surface area contributed by atoms with E-state index in [4.69, 9.17) is 0 Å². The highest BCUT2D eigenvalue weighted by Crippen LogP contribution is 2.37. The maximum atomic E-state index is 12.7. The van der Waals surface area contributed by atoms with Crippen LogP contribution >= 0.6 is 0 Å². The van der Waals surface area contributed by atoms with Gasteiger partial charge in [-0.15, -0.1) is 0 Å². The molecule has 8 heteroatoms. The van der Waals surface area contributed by atoms with Crippen LogP contribution in [0.25, 0.3) is 0 Å². The van der Waals surface area contributed by atoms with Gasteiger partial charge in [-0.25, -0.2) is 9.97 Å². The third kappa shape index (κ3) is 3.38. The monoisotopic (exact) mass is 358 g/mol. The van der Waals surface area contributed by atoms with Crippen molar-refractivity contribution in [3.63, 3.8) is 0 Å². The molecule has 1 unspecified atom stereocenters. The van der Waals surface area contributed by atoms with Gasteiger partial charge in [-0.1, -0.05) is 0 Å². The van der Waals surface area contributed by atoms with Crippen molar-refractivity contribution >= 4 is 17.8 Å². The Morgan fingerprint density at radius 1 is 1.12 bits per heavy atom. The summed E-state index contributed by atoms with van der Waals surface area (Å²) in [5.74, 6) is 1.03. The van der Waals surface area contributed by atoms with Gasteiger partial charge in [-0.2, -0.15) is 0 Å². The summed E-state index contributed by atoms with van der Waals surface area (Å²) in [6.45, 7) is 5.77. The number of amides is 2. The van der Waals surface area contributed by atoms with Gasteiger partial charge in [-0.05, 0) is 25.3 Å². The van der Waals surface area contributed by atoms with E-state index in [0.717, 1.165) is 57.9 Å². The van der Waals surface area contributed by atoms with E-state index < -0.39 is 0 Å². The summed E-state index contributed by atoms with van der Waals surface area (Å²) in [4.78, 5) is 39.8. The number of piperazine rings is 1. The fourth-order valence-electron chi connectivity index (χ4n) is 4.26. The molecule has 3 saturated heterocycles. The highest BCUT2D eigenvalue weighted by molar-refractivity contribution is 5.86. The summed E-state index contributed by atoms with van der Waals surface area (Å²) in [6.07, 6.45) is 6.21. The summed E-state index contributed by atoms with van der Waals surface area (Å²) < 4.78 is 0. The Morgan fingerprint density at radius 2 is 1.88 bits per heavy atom. The molecule has 1 spiro atoms. The number of hydrogen-bond donors (Lipinski definition) is 1. The van der Waals surface area contributed by atoms with Crippen LogP contribution < -0.4 is 10.2 Å². The van der Waals surface area contributed by atoms with Crippen LogP contribution in [-0.2, 0) is 9.59 Å². The van der Waals surface area contributed by atoms with Gasteiger partial charge in [0.05, 0.1) is 12.0 Å². The van der Waals surface area contributed by atoms with Crippen LogP contribution in [-0.4, -0.2) is 83.9 Å². The molecule has 0 radical (unpaired) electrons. The highest BCUT2D eigenvalue weighted by atomic mass is 16.2. The molecule has 2 amide bonds. The number of nitrogens with zero attached hydrogens (tertiary/aromatic N) is 5. The minimum absolute atomic E-state index is 0.135. The zero-order chi connectivity index (χ0) is 18.0. The van der Waals surface area contributed by atoms with Crippen LogP contribution in [0.4, 0.5) is 5.95 Å². The minimum atomic E-state index is -0.336. The van der Waals surface area contributed by atoms with Gasteiger partial charge in [0.15, 0.2) is 0 Å². The number of anilines is 1. The smallest absolute Gasteiger partial charge is 0.236 e. The van der Waals surface area contributed by atoms with Crippen LogP contribution in [0.15, 0.2) is 18.5 Å². The molecule has 4 rings (SSSR count). The second-order valence-corrected chi connectivity index (χ2v) is 7.52. The second kappa shape index (κ2) is 7.19. The van der Waals surface area contributed by atoms with Crippen molar-refractivity contribution in [2.45, 2.75) is 19.3 Å². The van der Waals surface area contributed by atoms with Crippen molar-refractivity contribution in [1.82, 2.24) is 25.1 Å². The van der Waals surface area contributed by atoms with Gasteiger partial charge in [0, 0.05) is 58.2 Å². The van der Waals surface area contributed by atoms with E-state index in [1.165, 1.54) is 0 Å². The van der Waals surface area contributed by atoms with Gasteiger partial charge >= 0.3 is 0 Å². The van der Waals surface area contributed by atoms with Crippen molar-refractivity contribution in [2.75, 3.05) is 57.3 Å². The first-order valence-electron chi connectivity index (χ1n) is 9.47. The number of rotatable bonds is 3. The van der Waals surface area contributed by atoms with E-state index in [1.807, 2.05) is 11.0 Å². The first-order valence-corrected chi connectivity index (χ1v) is 9.47. The van der Waals surface area contributed by atoms with E-state index >= 15 is 0 Å². The summed E-state index contributed by atoms with van der Waals surface area (Å²) in [6, 6.07) is 1.81. The lowest BCUT2D eigenvalue weighted by Crippen LogP contribution is -2.51. The van der Waals surface area contributed by atoms with E-state index in [1.54, 1.807) is 12.4 Å². The van der Waals surface area contributed by atoms with Gasteiger partial charge in [0.2, 0.25) is 17.8 Å². The molecule has 8 nitrogen and oxygen atoms in total. The van der Waals surface area contributed by atoms with Crippen molar-refractivity contribution in [1.29, 1.82) is 0 Å². The predicted octanol–water partition coefficient (Wildman–Crippen LogP) is -0.273. The molecule has 1 aromatic rings. The molecule has 1 atom stereocenters. The maximum Gasteiger partial charge on any atom is 0.236 e. The standard InChI is InChI=1S/C18H26N6O2/c25-15(24-8-4-18(14-24)3-1-5-19-16(18)26)13-22-9-11-23(12-10-22)17-20-6-2-7-21-17/h2,6-7H,1,3-5,8-14H2,(H,19,26). The number of carbonyl (C=O) groups excluding carboxylic acids is 2. The molecule has 3 aliphatic heterocycles. The normalized spacial score (nSPS) is 27.0. The lowest BCUT2D eigenvalue weighted by atomic mass is 9.79. The van der Waals surface area contributed by atoms with Gasteiger partial charge in [0.25, 0.3) is 0 Å². The zero-order valence-corrected chi connectivity index (χ0v) is 15.1. The predicted molar refractivity (Wildman–Crippen MR) is 96.6 cm³/mol. The summed E-state index contributed by atoms with van der Waals surface area (Å²) in [7, 11) is 0. The summed E-state index contributed by atoms with van der Waals surface area (Å²) in [5.41, 5.74) is -0.336. The third-order valence-electron chi connectivity index (χ3n) is 5.87. The molecule has 0 aromatic carbocycles. The van der Waals surface area contributed by atoms with Crippen molar-refractivity contribution in [2.24, 2.45) is 5.41 Å². The largest absolute Gasteiger partial charge is 0.356 e. The van der Waals surface area contributed by atoms with Crippen molar-refractivity contribution < 1.29 is 9.59 Å². The molecule has 4 heterocycles. The molecule has 3 aliphatic rings. The summed E-state index contributed by atoms with van der Waals surface area (Å²) in [5, 5.41) is 2.97. The van der Waals surface area contributed by atoms with E-state index in [-0.39, 0.29) is 17.2 Å². The van der Waals surface area contributed by atoms with Gasteiger partial charge in [0.1, 0.15) is 0 Å². The lowest BCUT2D eigenvalue weighted by molar-refractivity contribution is -0.135. The quantitative estimate of drug-likeness (QED) is 0.801. The molecule has 3 fully saturated rings. The average Bonchev–Trinajstić information content (AvgIpc) is 3.11. The van der Waals surface area contributed by atoms with Crippen LogP contribution in [0.2, 0.25) is 0 Å². The topological polar surface area (TPSA) is 81.7 Å². The average molecular weight is 358 g/mol. The number of carbonyl (C=O) groups is 2. The van der Waals surface area contributed by atoms with Crippen molar-refractivity contribution in [3.05, 3.63) is 18.5 Å². The highest BCUT2D eigenvalue weighted by Gasteiger charge is 2.46. The molecule has 0 saturated carbocycles. The first-order chi connectivity index (χ1) is 12.7. The molecule has 0 aliphatic carbocycles. The number of hydrogen-bond acceptors (Lipinski definition) is 6. The van der Waals surface area contributed by atoms with Crippen LogP contribution in [0.5, 0.6) is 0 Å². The first kappa shape index (κ1) is 17.2. The zero-order valence-electron chi connectivity index (χ0n) is 15.1. The molecule has 140 valence electrons. The Bertz CT molecular complexity index is 661. The molecule has 0 bridgehead atoms. The van der Waals surface area contributed by atoms with Crippen molar-refractivity contribution in [3.8, 4) is 0 Å². The third-order valence-corrected chi connectivity index (χ3v) is 5.87. The lowest BCUT2D eigenvalue weighted by Gasteiger charge is -2.35. The van der Waals surface area contributed by atoms with Crippen LogP contribution in [0, 0.1) is 5.41 Å². The van der Waals surface area contributed by atoms with Gasteiger partial charge in [-0.3, -0.25) is 14.5 Å². The molecule has 1 N–H and O–H groups in total.